The Morgan fingerprint density at radius 1 is 1.16 bits per heavy atom. The Hall–Kier alpha value is -1.86. The highest BCUT2D eigenvalue weighted by Crippen LogP contribution is 2.28. The predicted octanol–water partition coefficient (Wildman–Crippen LogP) is 3.85. The number of hydrogen-bond donors (Lipinski definition) is 0. The number of carbonyl (C=O) groups is 1. The number of piperidine rings is 1. The summed E-state index contributed by atoms with van der Waals surface area (Å²) >= 11 is 0. The van der Waals surface area contributed by atoms with E-state index < -0.39 is 0 Å². The molecule has 0 radical (unpaired) electrons. The molecule has 1 aromatic rings. The van der Waals surface area contributed by atoms with E-state index in [2.05, 4.69) is 15.9 Å². The number of ketones is 1. The van der Waals surface area contributed by atoms with Crippen molar-refractivity contribution in [2.45, 2.75) is 45.4 Å². The van der Waals surface area contributed by atoms with Gasteiger partial charge in [0.1, 0.15) is 0 Å². The minimum Gasteiger partial charge on any atom is -0.371 e. The molecule has 3 rings (SSSR count). The quantitative estimate of drug-likeness (QED) is 0.782. The fourth-order valence-electron chi connectivity index (χ4n) is 4.28. The van der Waals surface area contributed by atoms with Gasteiger partial charge in [0.25, 0.3) is 0 Å². The Balaban J connectivity index is 1.72. The monoisotopic (exact) mass is 339 g/mol. The van der Waals surface area contributed by atoms with Crippen molar-refractivity contribution in [1.82, 2.24) is 4.90 Å². The van der Waals surface area contributed by atoms with Gasteiger partial charge < -0.3 is 9.80 Å². The minimum atomic E-state index is 0.0779. The van der Waals surface area contributed by atoms with Crippen LogP contribution in [0.2, 0.25) is 0 Å². The lowest BCUT2D eigenvalue weighted by Crippen LogP contribution is -2.41. The molecular weight excluding hydrogens is 310 g/mol. The third-order valence-corrected chi connectivity index (χ3v) is 5.58. The summed E-state index contributed by atoms with van der Waals surface area (Å²) in [6.45, 7) is 7.23. The average molecular weight is 339 g/mol. The molecule has 4 heteroatoms. The fourth-order valence-corrected chi connectivity index (χ4v) is 4.28. The molecule has 0 bridgehead atoms. The molecule has 0 amide bonds. The molecule has 0 saturated carbocycles. The molecule has 134 valence electrons. The third-order valence-electron chi connectivity index (χ3n) is 5.58. The van der Waals surface area contributed by atoms with Crippen molar-refractivity contribution in [1.29, 1.82) is 5.26 Å². The second kappa shape index (κ2) is 8.49. The molecule has 1 aromatic carbocycles. The highest BCUT2D eigenvalue weighted by atomic mass is 16.1. The van der Waals surface area contributed by atoms with E-state index in [1.807, 2.05) is 12.1 Å². The van der Waals surface area contributed by atoms with Crippen molar-refractivity contribution < 1.29 is 4.79 Å². The van der Waals surface area contributed by atoms with Crippen molar-refractivity contribution in [2.24, 2.45) is 5.92 Å². The first-order valence-electron chi connectivity index (χ1n) is 9.70. The smallest absolute Gasteiger partial charge is 0.161 e. The maximum Gasteiger partial charge on any atom is 0.161 e. The Labute approximate surface area is 151 Å². The predicted molar refractivity (Wildman–Crippen MR) is 101 cm³/mol. The molecule has 0 aliphatic carbocycles. The molecule has 1 unspecified atom stereocenters. The van der Waals surface area contributed by atoms with E-state index in [9.17, 15) is 10.1 Å². The molecule has 0 spiro atoms. The SMILES string of the molecule is CC(=O)c1ccc(C#N)cc1N1CCCC(CN2CCCCCC2)C1. The lowest BCUT2D eigenvalue weighted by molar-refractivity contribution is 0.101. The number of nitrogens with zero attached hydrogens (tertiary/aromatic N) is 3. The highest BCUT2D eigenvalue weighted by Gasteiger charge is 2.25. The first-order valence-corrected chi connectivity index (χ1v) is 9.70. The molecule has 2 aliphatic heterocycles. The Bertz CT molecular complexity index is 641. The van der Waals surface area contributed by atoms with Crippen molar-refractivity contribution >= 4 is 11.5 Å². The third kappa shape index (κ3) is 4.61. The number of carbonyl (C=O) groups excluding carboxylic acids is 1. The number of Topliss-reactive ketones (excluding diaryl/α,β-unsaturated/α-hetero) is 1. The van der Waals surface area contributed by atoms with E-state index >= 15 is 0 Å². The molecule has 1 atom stereocenters. The largest absolute Gasteiger partial charge is 0.371 e. The van der Waals surface area contributed by atoms with Crippen LogP contribution >= 0.6 is 0 Å². The Morgan fingerprint density at radius 2 is 1.92 bits per heavy atom. The van der Waals surface area contributed by atoms with Crippen LogP contribution in [-0.2, 0) is 0 Å². The lowest BCUT2D eigenvalue weighted by Gasteiger charge is -2.37. The van der Waals surface area contributed by atoms with Crippen LogP contribution in [0.3, 0.4) is 0 Å². The first kappa shape index (κ1) is 17.9. The molecule has 2 fully saturated rings. The number of hydrogen-bond acceptors (Lipinski definition) is 4. The van der Waals surface area contributed by atoms with E-state index in [4.69, 9.17) is 0 Å². The van der Waals surface area contributed by atoms with Gasteiger partial charge >= 0.3 is 0 Å². The Morgan fingerprint density at radius 3 is 2.60 bits per heavy atom. The summed E-state index contributed by atoms with van der Waals surface area (Å²) in [5, 5.41) is 9.22. The van der Waals surface area contributed by atoms with Crippen LogP contribution < -0.4 is 4.90 Å². The van der Waals surface area contributed by atoms with E-state index in [1.165, 1.54) is 51.7 Å². The van der Waals surface area contributed by atoms with Gasteiger partial charge in [-0.1, -0.05) is 12.8 Å². The first-order chi connectivity index (χ1) is 12.2. The second-order valence-electron chi connectivity index (χ2n) is 7.57. The maximum absolute atomic E-state index is 12.0. The zero-order valence-electron chi connectivity index (χ0n) is 15.3. The summed E-state index contributed by atoms with van der Waals surface area (Å²) < 4.78 is 0. The molecule has 0 N–H and O–H groups in total. The normalized spacial score (nSPS) is 22.2. The van der Waals surface area contributed by atoms with E-state index in [-0.39, 0.29) is 5.78 Å². The van der Waals surface area contributed by atoms with Crippen LogP contribution in [0.25, 0.3) is 0 Å². The maximum atomic E-state index is 12.0. The van der Waals surface area contributed by atoms with E-state index in [1.54, 1.807) is 13.0 Å². The fraction of sp³-hybridized carbons (Fsp3) is 0.619. The van der Waals surface area contributed by atoms with Gasteiger partial charge in [-0.2, -0.15) is 5.26 Å². The minimum absolute atomic E-state index is 0.0779. The van der Waals surface area contributed by atoms with Crippen LogP contribution in [-0.4, -0.2) is 43.4 Å². The van der Waals surface area contributed by atoms with Crippen molar-refractivity contribution in [3.05, 3.63) is 29.3 Å². The summed E-state index contributed by atoms with van der Waals surface area (Å²) in [6.07, 6.45) is 7.82. The number of rotatable bonds is 4. The van der Waals surface area contributed by atoms with Gasteiger partial charge in [-0.05, 0) is 69.8 Å². The van der Waals surface area contributed by atoms with Gasteiger partial charge in [0.15, 0.2) is 5.78 Å². The van der Waals surface area contributed by atoms with Crippen LogP contribution in [0.4, 0.5) is 5.69 Å². The number of likely N-dealkylation sites (tertiary alicyclic amines) is 1. The number of nitriles is 1. The van der Waals surface area contributed by atoms with Crippen molar-refractivity contribution in [3.63, 3.8) is 0 Å². The zero-order chi connectivity index (χ0) is 17.6. The van der Waals surface area contributed by atoms with Crippen molar-refractivity contribution in [3.8, 4) is 6.07 Å². The van der Waals surface area contributed by atoms with Crippen LogP contribution in [0.1, 0.15) is 61.4 Å². The van der Waals surface area contributed by atoms with Gasteiger partial charge in [0, 0.05) is 30.9 Å². The standard InChI is InChI=1S/C21H29N3O/c1-17(25)20-9-8-18(14-22)13-21(20)24-12-6-7-19(16-24)15-23-10-4-2-3-5-11-23/h8-9,13,19H,2-7,10-12,15-16H2,1H3. The van der Waals surface area contributed by atoms with Crippen LogP contribution in [0.5, 0.6) is 0 Å². The summed E-state index contributed by atoms with van der Waals surface area (Å²) in [7, 11) is 0. The summed E-state index contributed by atoms with van der Waals surface area (Å²) in [5.74, 6) is 0.728. The molecule has 0 aromatic heterocycles. The summed E-state index contributed by atoms with van der Waals surface area (Å²) in [6, 6.07) is 7.67. The van der Waals surface area contributed by atoms with E-state index in [0.717, 1.165) is 30.8 Å². The van der Waals surface area contributed by atoms with E-state index in [0.29, 0.717) is 11.5 Å². The topological polar surface area (TPSA) is 47.3 Å². The van der Waals surface area contributed by atoms with Gasteiger partial charge in [-0.15, -0.1) is 0 Å². The molecule has 2 heterocycles. The molecular formula is C21H29N3O. The molecule has 4 nitrogen and oxygen atoms in total. The lowest BCUT2D eigenvalue weighted by atomic mass is 9.95. The second-order valence-corrected chi connectivity index (χ2v) is 7.57. The Kier molecular flexibility index (Phi) is 6.09. The zero-order valence-corrected chi connectivity index (χ0v) is 15.3. The van der Waals surface area contributed by atoms with Crippen LogP contribution in [0, 0.1) is 17.2 Å². The molecule has 2 saturated heterocycles. The number of benzene rings is 1. The van der Waals surface area contributed by atoms with Gasteiger partial charge in [-0.25, -0.2) is 0 Å². The van der Waals surface area contributed by atoms with Crippen LogP contribution in [0.15, 0.2) is 18.2 Å². The van der Waals surface area contributed by atoms with Crippen molar-refractivity contribution in [2.75, 3.05) is 37.6 Å². The average Bonchev–Trinajstić information content (AvgIpc) is 2.90. The van der Waals surface area contributed by atoms with Gasteiger partial charge in [0.05, 0.1) is 11.6 Å². The highest BCUT2D eigenvalue weighted by molar-refractivity contribution is 6.00. The van der Waals surface area contributed by atoms with Gasteiger partial charge in [0.2, 0.25) is 0 Å². The molecule has 2 aliphatic rings. The summed E-state index contributed by atoms with van der Waals surface area (Å²) in [4.78, 5) is 17.0. The molecule has 25 heavy (non-hydrogen) atoms. The van der Waals surface area contributed by atoms with Gasteiger partial charge in [-0.3, -0.25) is 4.79 Å². The summed E-state index contributed by atoms with van der Waals surface area (Å²) in [5.41, 5.74) is 2.33. The number of anilines is 1.